The molecule has 21 heavy (non-hydrogen) atoms. The molecule has 0 atom stereocenters. The Balaban J connectivity index is 2.53. The highest BCUT2D eigenvalue weighted by Gasteiger charge is 2.18. The van der Waals surface area contributed by atoms with Crippen molar-refractivity contribution >= 4 is 54.6 Å². The summed E-state index contributed by atoms with van der Waals surface area (Å²) in [5, 5.41) is 3.56. The Bertz CT molecular complexity index is 781. The van der Waals surface area contributed by atoms with Crippen LogP contribution < -0.4 is 15.8 Å². The number of nitrogens with two attached hydrogens (primary N) is 1. The van der Waals surface area contributed by atoms with E-state index in [1.165, 1.54) is 13.1 Å². The standard InChI is InChI=1S/C13H13BrClN3O2S/c1-17-21(19,20)12-7-8(16)5-6-10(12)18-11-4-2-3-9(15)13(11)14/h2-7,17-18H,16H2,1H3. The van der Waals surface area contributed by atoms with E-state index >= 15 is 0 Å². The minimum absolute atomic E-state index is 0.0666. The number of nitrogens with one attached hydrogen (secondary N) is 2. The molecule has 0 heterocycles. The fraction of sp³-hybridized carbons (Fsp3) is 0.0769. The van der Waals surface area contributed by atoms with E-state index in [9.17, 15) is 8.42 Å². The predicted molar refractivity (Wildman–Crippen MR) is 89.5 cm³/mol. The zero-order chi connectivity index (χ0) is 15.6. The molecule has 0 aromatic heterocycles. The van der Waals surface area contributed by atoms with Gasteiger partial charge in [0.1, 0.15) is 4.90 Å². The summed E-state index contributed by atoms with van der Waals surface area (Å²) < 4.78 is 27.1. The second kappa shape index (κ2) is 6.23. The van der Waals surface area contributed by atoms with E-state index in [0.29, 0.717) is 26.6 Å². The lowest BCUT2D eigenvalue weighted by Gasteiger charge is -2.14. The molecule has 0 fully saturated rings. The van der Waals surface area contributed by atoms with Crippen molar-refractivity contribution in [3.63, 3.8) is 0 Å². The molecule has 0 radical (unpaired) electrons. The molecule has 0 saturated carbocycles. The van der Waals surface area contributed by atoms with Crippen molar-refractivity contribution in [1.29, 1.82) is 0 Å². The van der Waals surface area contributed by atoms with E-state index in [4.69, 9.17) is 17.3 Å². The number of nitrogen functional groups attached to an aromatic ring is 1. The number of anilines is 3. The van der Waals surface area contributed by atoms with Crippen molar-refractivity contribution in [3.05, 3.63) is 45.9 Å². The molecule has 0 unspecified atom stereocenters. The van der Waals surface area contributed by atoms with Crippen LogP contribution in [0.15, 0.2) is 45.8 Å². The zero-order valence-electron chi connectivity index (χ0n) is 11.0. The monoisotopic (exact) mass is 389 g/mol. The molecule has 2 aromatic carbocycles. The zero-order valence-corrected chi connectivity index (χ0v) is 14.2. The molecule has 4 N–H and O–H groups in total. The summed E-state index contributed by atoms with van der Waals surface area (Å²) >= 11 is 9.38. The first-order valence-electron chi connectivity index (χ1n) is 5.89. The summed E-state index contributed by atoms with van der Waals surface area (Å²) in [6.45, 7) is 0. The summed E-state index contributed by atoms with van der Waals surface area (Å²) in [5.74, 6) is 0. The van der Waals surface area contributed by atoms with Gasteiger partial charge in [0.2, 0.25) is 10.0 Å². The smallest absolute Gasteiger partial charge is 0.242 e. The highest BCUT2D eigenvalue weighted by atomic mass is 79.9. The van der Waals surface area contributed by atoms with Gasteiger partial charge in [-0.2, -0.15) is 0 Å². The van der Waals surface area contributed by atoms with Gasteiger partial charge in [0.05, 0.1) is 20.9 Å². The van der Waals surface area contributed by atoms with E-state index in [1.54, 1.807) is 30.3 Å². The fourth-order valence-corrected chi connectivity index (χ4v) is 3.18. The molecule has 0 aliphatic rings. The summed E-state index contributed by atoms with van der Waals surface area (Å²) in [7, 11) is -2.29. The second-order valence-corrected chi connectivity index (χ2v) is 7.24. The third-order valence-corrected chi connectivity index (χ3v) is 5.64. The minimum atomic E-state index is -3.64. The third-order valence-electron chi connectivity index (χ3n) is 2.78. The van der Waals surface area contributed by atoms with E-state index < -0.39 is 10.0 Å². The Morgan fingerprint density at radius 2 is 1.90 bits per heavy atom. The maximum atomic E-state index is 12.1. The van der Waals surface area contributed by atoms with Gasteiger partial charge < -0.3 is 11.1 Å². The van der Waals surface area contributed by atoms with Crippen LogP contribution in [0, 0.1) is 0 Å². The van der Waals surface area contributed by atoms with Crippen LogP contribution in [0.4, 0.5) is 17.1 Å². The molecule has 2 rings (SSSR count). The van der Waals surface area contributed by atoms with E-state index in [0.717, 1.165) is 0 Å². The average Bonchev–Trinajstić information content (AvgIpc) is 2.45. The largest absolute Gasteiger partial charge is 0.399 e. The van der Waals surface area contributed by atoms with Crippen molar-refractivity contribution in [3.8, 4) is 0 Å². The molecule has 0 saturated heterocycles. The van der Waals surface area contributed by atoms with Crippen molar-refractivity contribution in [2.45, 2.75) is 4.90 Å². The lowest BCUT2D eigenvalue weighted by molar-refractivity contribution is 0.588. The van der Waals surface area contributed by atoms with Gasteiger partial charge in [-0.05, 0) is 53.3 Å². The Kier molecular flexibility index (Phi) is 4.77. The molecular formula is C13H13BrClN3O2S. The molecule has 0 bridgehead atoms. The maximum absolute atomic E-state index is 12.1. The summed E-state index contributed by atoms with van der Waals surface area (Å²) in [6.07, 6.45) is 0. The van der Waals surface area contributed by atoms with Crippen LogP contribution in [0.5, 0.6) is 0 Å². The molecular weight excluding hydrogens is 378 g/mol. The van der Waals surface area contributed by atoms with Crippen LogP contribution in [0.3, 0.4) is 0 Å². The van der Waals surface area contributed by atoms with Crippen molar-refractivity contribution in [1.82, 2.24) is 4.72 Å². The van der Waals surface area contributed by atoms with Gasteiger partial charge in [-0.3, -0.25) is 0 Å². The van der Waals surface area contributed by atoms with Gasteiger partial charge in [-0.1, -0.05) is 17.7 Å². The summed E-state index contributed by atoms with van der Waals surface area (Å²) in [5.41, 5.74) is 7.09. The number of halogens is 2. The Morgan fingerprint density at radius 1 is 1.19 bits per heavy atom. The van der Waals surface area contributed by atoms with Crippen LogP contribution in [-0.2, 0) is 10.0 Å². The molecule has 0 aliphatic heterocycles. The van der Waals surface area contributed by atoms with Crippen molar-refractivity contribution in [2.75, 3.05) is 18.1 Å². The molecule has 2 aromatic rings. The van der Waals surface area contributed by atoms with Gasteiger partial charge >= 0.3 is 0 Å². The van der Waals surface area contributed by atoms with E-state index in [1.807, 2.05) is 0 Å². The topological polar surface area (TPSA) is 84.2 Å². The first-order chi connectivity index (χ1) is 9.85. The van der Waals surface area contributed by atoms with Crippen LogP contribution in [0.25, 0.3) is 0 Å². The SMILES string of the molecule is CNS(=O)(=O)c1cc(N)ccc1Nc1cccc(Cl)c1Br. The molecule has 112 valence electrons. The van der Waals surface area contributed by atoms with Crippen LogP contribution in [0.1, 0.15) is 0 Å². The van der Waals surface area contributed by atoms with Crippen molar-refractivity contribution < 1.29 is 8.42 Å². The number of benzene rings is 2. The summed E-state index contributed by atoms with van der Waals surface area (Å²) in [4.78, 5) is 0.0666. The lowest BCUT2D eigenvalue weighted by atomic mass is 10.2. The Morgan fingerprint density at radius 3 is 2.57 bits per heavy atom. The van der Waals surface area contributed by atoms with Crippen LogP contribution in [-0.4, -0.2) is 15.5 Å². The molecule has 0 spiro atoms. The van der Waals surface area contributed by atoms with Gasteiger partial charge in [-0.25, -0.2) is 13.1 Å². The first-order valence-corrected chi connectivity index (χ1v) is 8.54. The molecule has 0 amide bonds. The Hall–Kier alpha value is -1.28. The second-order valence-electron chi connectivity index (χ2n) is 4.19. The first kappa shape index (κ1) is 16.1. The fourth-order valence-electron chi connectivity index (χ4n) is 1.72. The van der Waals surface area contributed by atoms with E-state index in [2.05, 4.69) is 26.0 Å². The van der Waals surface area contributed by atoms with E-state index in [-0.39, 0.29) is 4.90 Å². The van der Waals surface area contributed by atoms with Gasteiger partial charge in [0, 0.05) is 5.69 Å². The minimum Gasteiger partial charge on any atom is -0.399 e. The third kappa shape index (κ3) is 3.49. The average molecular weight is 391 g/mol. The lowest BCUT2D eigenvalue weighted by Crippen LogP contribution is -2.20. The Labute approximate surface area is 136 Å². The number of hydrogen-bond acceptors (Lipinski definition) is 4. The van der Waals surface area contributed by atoms with Gasteiger partial charge in [0.15, 0.2) is 0 Å². The molecule has 0 aliphatic carbocycles. The molecule has 5 nitrogen and oxygen atoms in total. The van der Waals surface area contributed by atoms with Gasteiger partial charge in [0.25, 0.3) is 0 Å². The quantitative estimate of drug-likeness (QED) is 0.699. The normalized spacial score (nSPS) is 11.4. The van der Waals surface area contributed by atoms with Gasteiger partial charge in [-0.15, -0.1) is 0 Å². The highest BCUT2D eigenvalue weighted by molar-refractivity contribution is 9.10. The molecule has 8 heteroatoms. The number of hydrogen-bond donors (Lipinski definition) is 3. The number of rotatable bonds is 4. The van der Waals surface area contributed by atoms with Crippen molar-refractivity contribution in [2.24, 2.45) is 0 Å². The van der Waals surface area contributed by atoms with Crippen LogP contribution in [0.2, 0.25) is 5.02 Å². The number of sulfonamides is 1. The highest BCUT2D eigenvalue weighted by Crippen LogP contribution is 2.34. The maximum Gasteiger partial charge on any atom is 0.242 e. The van der Waals surface area contributed by atoms with Crippen LogP contribution >= 0.6 is 27.5 Å². The summed E-state index contributed by atoms with van der Waals surface area (Å²) in [6, 6.07) is 9.89. The predicted octanol–water partition coefficient (Wildman–Crippen LogP) is 3.34.